The van der Waals surface area contributed by atoms with Crippen molar-refractivity contribution in [1.29, 1.82) is 5.26 Å². The molecule has 0 aliphatic rings. The van der Waals surface area contributed by atoms with Crippen molar-refractivity contribution >= 4 is 51.5 Å². The van der Waals surface area contributed by atoms with Gasteiger partial charge in [-0.2, -0.15) is 9.65 Å². The molecular formula is C21H15FN6O2S2. The maximum Gasteiger partial charge on any atom is 0.329 e. The van der Waals surface area contributed by atoms with Crippen LogP contribution in [0.3, 0.4) is 0 Å². The Hall–Kier alpha value is -3.88. The van der Waals surface area contributed by atoms with Crippen LogP contribution in [0.4, 0.5) is 20.6 Å². The summed E-state index contributed by atoms with van der Waals surface area (Å²) in [5, 5.41) is 15.8. The van der Waals surface area contributed by atoms with Gasteiger partial charge in [0.15, 0.2) is 5.13 Å². The van der Waals surface area contributed by atoms with Crippen molar-refractivity contribution in [3.8, 4) is 11.9 Å². The molecule has 2 amide bonds. The standard InChI is InChI=1S/C21H15FN6O2S2/c1-24-13-2-4-15-16(8-13)12(9-23)11-28(20(15)29)18-6-3-14(10-25-18)26-21(30)27-32-19-7-5-17(22)31-19/h2-8,10-11,24H,1H3,(H2,26,27,30). The third-order valence-electron chi connectivity index (χ3n) is 4.47. The Morgan fingerprint density at radius 3 is 2.66 bits per heavy atom. The molecule has 0 atom stereocenters. The van der Waals surface area contributed by atoms with E-state index in [-0.39, 0.29) is 10.7 Å². The van der Waals surface area contributed by atoms with Gasteiger partial charge in [-0.1, -0.05) is 11.3 Å². The first-order valence-corrected chi connectivity index (χ1v) is 10.8. The largest absolute Gasteiger partial charge is 0.388 e. The van der Waals surface area contributed by atoms with Gasteiger partial charge >= 0.3 is 6.03 Å². The molecule has 160 valence electrons. The number of nitriles is 1. The predicted molar refractivity (Wildman–Crippen MR) is 124 cm³/mol. The zero-order chi connectivity index (χ0) is 22.7. The molecule has 0 saturated heterocycles. The van der Waals surface area contributed by atoms with Gasteiger partial charge in [0, 0.05) is 29.7 Å². The summed E-state index contributed by atoms with van der Waals surface area (Å²) in [6, 6.07) is 12.8. The van der Waals surface area contributed by atoms with Gasteiger partial charge in [0.1, 0.15) is 11.9 Å². The number of hydrogen-bond donors (Lipinski definition) is 3. The van der Waals surface area contributed by atoms with Crippen LogP contribution in [-0.4, -0.2) is 22.6 Å². The lowest BCUT2D eigenvalue weighted by Gasteiger charge is -2.11. The number of rotatable bonds is 5. The predicted octanol–water partition coefficient (Wildman–Crippen LogP) is 4.33. The molecule has 32 heavy (non-hydrogen) atoms. The average Bonchev–Trinajstić information content (AvgIpc) is 3.23. The zero-order valence-corrected chi connectivity index (χ0v) is 18.2. The first-order chi connectivity index (χ1) is 15.5. The number of nitrogens with one attached hydrogen (secondary N) is 3. The zero-order valence-electron chi connectivity index (χ0n) is 16.5. The fourth-order valence-corrected chi connectivity index (χ4v) is 4.34. The van der Waals surface area contributed by atoms with Crippen molar-refractivity contribution in [3.63, 3.8) is 0 Å². The fraction of sp³-hybridized carbons (Fsp3) is 0.0476. The summed E-state index contributed by atoms with van der Waals surface area (Å²) in [4.78, 5) is 29.2. The SMILES string of the molecule is CNc1ccc2c(=O)n(-c3ccc(NC(=O)NSc4ccc(F)s4)cn3)cc(C#N)c2c1. The van der Waals surface area contributed by atoms with Crippen molar-refractivity contribution in [2.24, 2.45) is 0 Å². The van der Waals surface area contributed by atoms with Gasteiger partial charge < -0.3 is 10.6 Å². The number of amides is 2. The van der Waals surface area contributed by atoms with Crippen LogP contribution >= 0.6 is 23.3 Å². The van der Waals surface area contributed by atoms with Crippen molar-refractivity contribution in [1.82, 2.24) is 14.3 Å². The van der Waals surface area contributed by atoms with E-state index in [2.05, 4.69) is 26.4 Å². The molecule has 0 fully saturated rings. The fourth-order valence-electron chi connectivity index (χ4n) is 2.96. The minimum Gasteiger partial charge on any atom is -0.388 e. The number of benzene rings is 1. The summed E-state index contributed by atoms with van der Waals surface area (Å²) in [6.45, 7) is 0. The van der Waals surface area contributed by atoms with Crippen LogP contribution in [0.15, 0.2) is 63.9 Å². The number of anilines is 2. The van der Waals surface area contributed by atoms with Crippen molar-refractivity contribution in [2.45, 2.75) is 4.21 Å². The number of halogens is 1. The lowest BCUT2D eigenvalue weighted by molar-refractivity contribution is 0.257. The van der Waals surface area contributed by atoms with Gasteiger partial charge in [0.25, 0.3) is 5.56 Å². The van der Waals surface area contributed by atoms with E-state index in [9.17, 15) is 19.2 Å². The van der Waals surface area contributed by atoms with Gasteiger partial charge in [0.05, 0.1) is 21.7 Å². The first kappa shape index (κ1) is 21.4. The Morgan fingerprint density at radius 2 is 2.00 bits per heavy atom. The number of thiophene rings is 1. The Bertz CT molecular complexity index is 1410. The van der Waals surface area contributed by atoms with Crippen LogP contribution < -0.4 is 20.9 Å². The summed E-state index contributed by atoms with van der Waals surface area (Å²) in [5.41, 5.74) is 1.21. The molecule has 0 unspecified atom stereocenters. The van der Waals surface area contributed by atoms with Crippen LogP contribution in [-0.2, 0) is 0 Å². The van der Waals surface area contributed by atoms with E-state index in [4.69, 9.17) is 0 Å². The number of carbonyl (C=O) groups excluding carboxylic acids is 1. The second kappa shape index (κ2) is 9.09. The number of pyridine rings is 2. The summed E-state index contributed by atoms with van der Waals surface area (Å²) in [5.74, 6) is 0.306. The van der Waals surface area contributed by atoms with Gasteiger partial charge in [-0.3, -0.25) is 14.1 Å². The third-order valence-corrected chi connectivity index (χ3v) is 6.26. The van der Waals surface area contributed by atoms with E-state index in [1.165, 1.54) is 23.0 Å². The summed E-state index contributed by atoms with van der Waals surface area (Å²) in [6.07, 6.45) is 2.85. The topological polar surface area (TPSA) is 112 Å². The van der Waals surface area contributed by atoms with Crippen LogP contribution in [0.25, 0.3) is 16.6 Å². The highest BCUT2D eigenvalue weighted by molar-refractivity contribution is 7.99. The lowest BCUT2D eigenvalue weighted by Crippen LogP contribution is -2.23. The Morgan fingerprint density at radius 1 is 1.19 bits per heavy atom. The normalized spacial score (nSPS) is 10.5. The molecule has 8 nitrogen and oxygen atoms in total. The summed E-state index contributed by atoms with van der Waals surface area (Å²) in [7, 11) is 1.76. The lowest BCUT2D eigenvalue weighted by atomic mass is 10.1. The van der Waals surface area contributed by atoms with E-state index in [1.54, 1.807) is 43.4 Å². The molecule has 3 aromatic heterocycles. The van der Waals surface area contributed by atoms with Crippen LogP contribution in [0.2, 0.25) is 0 Å². The maximum atomic E-state index is 13.0. The second-order valence-corrected chi connectivity index (χ2v) is 8.60. The quantitative estimate of drug-likeness (QED) is 0.378. The molecule has 11 heteroatoms. The molecule has 0 aliphatic heterocycles. The molecule has 4 aromatic rings. The molecule has 0 aliphatic carbocycles. The number of hydrogen-bond acceptors (Lipinski definition) is 7. The number of aromatic nitrogens is 2. The number of fused-ring (bicyclic) bond motifs is 1. The Balaban J connectivity index is 1.54. The van der Waals surface area contributed by atoms with Crippen molar-refractivity contribution in [2.75, 3.05) is 17.7 Å². The van der Waals surface area contributed by atoms with Crippen LogP contribution in [0.5, 0.6) is 0 Å². The summed E-state index contributed by atoms with van der Waals surface area (Å²) < 4.78 is 17.4. The highest BCUT2D eigenvalue weighted by Gasteiger charge is 2.12. The molecule has 4 rings (SSSR count). The highest BCUT2D eigenvalue weighted by atomic mass is 32.2. The van der Waals surface area contributed by atoms with E-state index >= 15 is 0 Å². The van der Waals surface area contributed by atoms with Crippen molar-refractivity contribution in [3.05, 3.63) is 75.9 Å². The number of nitrogens with zero attached hydrogens (tertiary/aromatic N) is 3. The molecule has 0 saturated carbocycles. The minimum absolute atomic E-state index is 0.306. The first-order valence-electron chi connectivity index (χ1n) is 9.21. The number of urea groups is 1. The molecular weight excluding hydrogens is 451 g/mol. The average molecular weight is 467 g/mol. The molecule has 0 radical (unpaired) electrons. The molecule has 3 heterocycles. The van der Waals surface area contributed by atoms with Gasteiger partial charge in [0.2, 0.25) is 0 Å². The van der Waals surface area contributed by atoms with Crippen LogP contribution in [0.1, 0.15) is 5.56 Å². The highest BCUT2D eigenvalue weighted by Crippen LogP contribution is 2.24. The monoisotopic (exact) mass is 466 g/mol. The smallest absolute Gasteiger partial charge is 0.329 e. The third kappa shape index (κ3) is 4.41. The van der Waals surface area contributed by atoms with Gasteiger partial charge in [-0.25, -0.2) is 9.78 Å². The van der Waals surface area contributed by atoms with Gasteiger partial charge in [-0.05, 0) is 54.4 Å². The molecule has 1 aromatic carbocycles. The van der Waals surface area contributed by atoms with Gasteiger partial charge in [-0.15, -0.1) is 0 Å². The molecule has 0 bridgehead atoms. The summed E-state index contributed by atoms with van der Waals surface area (Å²) >= 11 is 1.92. The maximum absolute atomic E-state index is 13.0. The Kier molecular flexibility index (Phi) is 6.07. The minimum atomic E-state index is -0.506. The van der Waals surface area contributed by atoms with E-state index in [1.807, 2.05) is 0 Å². The van der Waals surface area contributed by atoms with E-state index in [0.29, 0.717) is 32.1 Å². The van der Waals surface area contributed by atoms with E-state index < -0.39 is 6.03 Å². The van der Waals surface area contributed by atoms with Crippen molar-refractivity contribution < 1.29 is 9.18 Å². The molecule has 3 N–H and O–H groups in total. The Labute approximate surface area is 189 Å². The second-order valence-electron chi connectivity index (χ2n) is 6.46. The van der Waals surface area contributed by atoms with Crippen LogP contribution in [0, 0.1) is 16.5 Å². The molecule has 0 spiro atoms. The number of carbonyl (C=O) groups is 1. The van der Waals surface area contributed by atoms with E-state index in [0.717, 1.165) is 29.0 Å².